The average Bonchev–Trinajstić information content (AvgIpc) is 3.68. The predicted molar refractivity (Wildman–Crippen MR) is 121 cm³/mol. The SMILES string of the molecule is CCn1nnc([C@H]2O[C@@H](n3cnc4c(N)nc(NC5CC6CCC5C6)nc43)[C@H](OC(=O)C(F)(F)F)[C@@H]2O)n1. The van der Waals surface area contributed by atoms with Crippen LogP contribution < -0.4 is 11.1 Å². The van der Waals surface area contributed by atoms with Gasteiger partial charge >= 0.3 is 12.1 Å². The number of imidazole rings is 1. The van der Waals surface area contributed by atoms with Gasteiger partial charge in [-0.1, -0.05) is 6.42 Å². The van der Waals surface area contributed by atoms with E-state index >= 15 is 0 Å². The molecule has 7 atom stereocenters. The number of ether oxygens (including phenoxy) is 2. The zero-order valence-corrected chi connectivity index (χ0v) is 20.1. The van der Waals surface area contributed by atoms with E-state index in [1.54, 1.807) is 6.92 Å². The topological polar surface area (TPSA) is 181 Å². The van der Waals surface area contributed by atoms with Crippen LogP contribution in [0.5, 0.6) is 0 Å². The number of aromatic nitrogens is 8. The first-order chi connectivity index (χ1) is 18.1. The molecule has 4 heterocycles. The molecule has 3 aliphatic rings. The molecular formula is C21H25F3N10O4. The zero-order chi connectivity index (χ0) is 26.8. The van der Waals surface area contributed by atoms with Gasteiger partial charge < -0.3 is 25.6 Å². The number of anilines is 2. The molecule has 204 valence electrons. The lowest BCUT2D eigenvalue weighted by molar-refractivity contribution is -0.211. The molecule has 17 heteroatoms. The minimum atomic E-state index is -5.30. The van der Waals surface area contributed by atoms with Crippen molar-refractivity contribution in [3.8, 4) is 0 Å². The van der Waals surface area contributed by atoms with E-state index < -0.39 is 36.7 Å². The van der Waals surface area contributed by atoms with Crippen molar-refractivity contribution >= 4 is 28.9 Å². The molecule has 1 aliphatic heterocycles. The summed E-state index contributed by atoms with van der Waals surface area (Å²) in [6.07, 6.45) is -6.00. The molecule has 3 aromatic heterocycles. The summed E-state index contributed by atoms with van der Waals surface area (Å²) in [7, 11) is 0. The molecule has 3 aromatic rings. The molecule has 1 saturated heterocycles. The van der Waals surface area contributed by atoms with Gasteiger partial charge in [0.1, 0.15) is 11.6 Å². The Labute approximate surface area is 212 Å². The summed E-state index contributed by atoms with van der Waals surface area (Å²) in [6, 6.07) is 0.184. The Morgan fingerprint density at radius 3 is 2.79 bits per heavy atom. The smallest absolute Gasteiger partial charge is 0.448 e. The highest BCUT2D eigenvalue weighted by molar-refractivity contribution is 5.83. The number of fused-ring (bicyclic) bond motifs is 3. The first-order valence-electron chi connectivity index (χ1n) is 12.3. The van der Waals surface area contributed by atoms with Crippen LogP contribution in [0.2, 0.25) is 0 Å². The predicted octanol–water partition coefficient (Wildman–Crippen LogP) is 1.12. The molecule has 0 spiro atoms. The Morgan fingerprint density at radius 2 is 2.13 bits per heavy atom. The minimum Gasteiger partial charge on any atom is -0.448 e. The van der Waals surface area contributed by atoms with Gasteiger partial charge in [0.15, 0.2) is 29.9 Å². The Balaban J connectivity index is 1.35. The molecule has 4 N–H and O–H groups in total. The van der Waals surface area contributed by atoms with Crippen molar-refractivity contribution in [2.45, 2.75) is 75.9 Å². The van der Waals surface area contributed by atoms with E-state index in [1.165, 1.54) is 22.1 Å². The van der Waals surface area contributed by atoms with Crippen LogP contribution in [0.4, 0.5) is 24.9 Å². The van der Waals surface area contributed by atoms with Gasteiger partial charge in [-0.3, -0.25) is 4.57 Å². The van der Waals surface area contributed by atoms with Crippen molar-refractivity contribution < 1.29 is 32.5 Å². The lowest BCUT2D eigenvalue weighted by Gasteiger charge is -2.24. The van der Waals surface area contributed by atoms with Crippen molar-refractivity contribution in [3.63, 3.8) is 0 Å². The maximum atomic E-state index is 13.1. The lowest BCUT2D eigenvalue weighted by Crippen LogP contribution is -2.38. The van der Waals surface area contributed by atoms with E-state index in [4.69, 9.17) is 15.2 Å². The van der Waals surface area contributed by atoms with Crippen LogP contribution in [0.1, 0.15) is 50.8 Å². The van der Waals surface area contributed by atoms with Gasteiger partial charge in [-0.25, -0.2) is 9.78 Å². The summed E-state index contributed by atoms with van der Waals surface area (Å²) in [4.78, 5) is 26.0. The Morgan fingerprint density at radius 1 is 1.32 bits per heavy atom. The maximum absolute atomic E-state index is 13.1. The normalized spacial score (nSPS) is 30.8. The van der Waals surface area contributed by atoms with E-state index in [-0.39, 0.29) is 34.8 Å². The van der Waals surface area contributed by atoms with Gasteiger partial charge in [-0.2, -0.15) is 27.9 Å². The van der Waals surface area contributed by atoms with E-state index in [0.717, 1.165) is 19.3 Å². The number of aryl methyl sites for hydroxylation is 1. The number of hydrogen-bond acceptors (Lipinski definition) is 12. The number of halogens is 3. The molecule has 2 saturated carbocycles. The first kappa shape index (κ1) is 24.7. The number of aliphatic hydroxyl groups is 1. The minimum absolute atomic E-state index is 0.0471. The standard InChI is InChI=1S/C21H25F3N10O4/c1-2-34-31-16(30-32-34)13-12(35)14(38-19(36)21(22,23)24)18(37-13)33-7-26-11-15(25)28-20(29-17(11)33)27-10-6-8-3-4-9(10)5-8/h7-10,12-14,18,35H,2-6H2,1H3,(H3,25,27,28,29)/t8?,9?,10?,12-,13+,14-,18-/m1/s1. The highest BCUT2D eigenvalue weighted by Crippen LogP contribution is 2.46. The number of esters is 1. The number of nitrogens with two attached hydrogens (primary N) is 1. The molecular weight excluding hydrogens is 513 g/mol. The number of nitrogens with one attached hydrogen (secondary N) is 1. The van der Waals surface area contributed by atoms with Gasteiger partial charge in [-0.05, 0) is 43.2 Å². The number of alkyl halides is 3. The van der Waals surface area contributed by atoms with Crippen LogP contribution in [0.15, 0.2) is 6.33 Å². The second-order valence-corrected chi connectivity index (χ2v) is 9.82. The Hall–Kier alpha value is -3.60. The molecule has 0 amide bonds. The molecule has 6 rings (SSSR count). The van der Waals surface area contributed by atoms with Crippen LogP contribution in [0.25, 0.3) is 11.2 Å². The first-order valence-corrected chi connectivity index (χ1v) is 12.3. The van der Waals surface area contributed by atoms with Gasteiger partial charge in [0.2, 0.25) is 11.8 Å². The second kappa shape index (κ2) is 9.00. The van der Waals surface area contributed by atoms with Crippen molar-refractivity contribution in [1.82, 2.24) is 39.7 Å². The number of tetrazole rings is 1. The Kier molecular flexibility index (Phi) is 5.86. The quantitative estimate of drug-likeness (QED) is 0.381. The molecule has 3 unspecified atom stereocenters. The second-order valence-electron chi connectivity index (χ2n) is 9.82. The summed E-state index contributed by atoms with van der Waals surface area (Å²) in [5.41, 5.74) is 6.42. The molecule has 3 fully saturated rings. The number of carbonyl (C=O) groups excluding carboxylic acids is 1. The summed E-state index contributed by atoms with van der Waals surface area (Å²) < 4.78 is 51.1. The lowest BCUT2D eigenvalue weighted by atomic mass is 9.95. The van der Waals surface area contributed by atoms with Crippen molar-refractivity contribution in [1.29, 1.82) is 0 Å². The number of aliphatic hydroxyl groups excluding tert-OH is 1. The molecule has 2 bridgehead atoms. The fourth-order valence-corrected chi connectivity index (χ4v) is 5.68. The average molecular weight is 538 g/mol. The van der Waals surface area contributed by atoms with Gasteiger partial charge in [-0.15, -0.1) is 10.2 Å². The number of hydrogen-bond donors (Lipinski definition) is 3. The summed E-state index contributed by atoms with van der Waals surface area (Å²) in [5, 5.41) is 25.9. The van der Waals surface area contributed by atoms with Gasteiger partial charge in [0.25, 0.3) is 0 Å². The monoisotopic (exact) mass is 538 g/mol. The number of carbonyl (C=O) groups is 1. The third kappa shape index (κ3) is 4.18. The van der Waals surface area contributed by atoms with E-state index in [0.29, 0.717) is 18.4 Å². The maximum Gasteiger partial charge on any atom is 0.490 e. The number of nitrogens with zero attached hydrogens (tertiary/aromatic N) is 8. The third-order valence-electron chi connectivity index (χ3n) is 7.47. The largest absolute Gasteiger partial charge is 0.490 e. The van der Waals surface area contributed by atoms with E-state index in [2.05, 4.69) is 35.7 Å². The summed E-state index contributed by atoms with van der Waals surface area (Å²) >= 11 is 0. The number of rotatable bonds is 6. The van der Waals surface area contributed by atoms with Crippen LogP contribution in [-0.2, 0) is 20.8 Å². The molecule has 0 radical (unpaired) electrons. The zero-order valence-electron chi connectivity index (χ0n) is 20.1. The number of nitrogen functional groups attached to an aromatic ring is 1. The van der Waals surface area contributed by atoms with Crippen LogP contribution in [-0.4, -0.2) is 75.2 Å². The highest BCUT2D eigenvalue weighted by atomic mass is 19.4. The molecule has 14 nitrogen and oxygen atoms in total. The molecule has 2 aliphatic carbocycles. The van der Waals surface area contributed by atoms with E-state index in [1.807, 2.05) is 0 Å². The van der Waals surface area contributed by atoms with Crippen LogP contribution in [0.3, 0.4) is 0 Å². The fraction of sp³-hybridized carbons (Fsp3) is 0.667. The van der Waals surface area contributed by atoms with Crippen molar-refractivity contribution in [3.05, 3.63) is 12.2 Å². The van der Waals surface area contributed by atoms with E-state index in [9.17, 15) is 23.1 Å². The third-order valence-corrected chi connectivity index (χ3v) is 7.47. The van der Waals surface area contributed by atoms with Gasteiger partial charge in [0.05, 0.1) is 12.9 Å². The van der Waals surface area contributed by atoms with Crippen molar-refractivity contribution in [2.75, 3.05) is 11.1 Å². The van der Waals surface area contributed by atoms with Gasteiger partial charge in [0, 0.05) is 6.04 Å². The summed E-state index contributed by atoms with van der Waals surface area (Å²) in [6.45, 7) is 2.10. The van der Waals surface area contributed by atoms with Crippen LogP contribution >= 0.6 is 0 Å². The highest BCUT2D eigenvalue weighted by Gasteiger charge is 2.53. The fourth-order valence-electron chi connectivity index (χ4n) is 5.68. The Bertz CT molecular complexity index is 1360. The molecule has 0 aromatic carbocycles. The van der Waals surface area contributed by atoms with Crippen molar-refractivity contribution in [2.24, 2.45) is 11.8 Å². The summed E-state index contributed by atoms with van der Waals surface area (Å²) in [5.74, 6) is -1.12. The van der Waals surface area contributed by atoms with Crippen LogP contribution in [0, 0.1) is 11.8 Å². The molecule has 38 heavy (non-hydrogen) atoms.